The number of halogens is 1. The van der Waals surface area contributed by atoms with Crippen LogP contribution in [0.25, 0.3) is 11.3 Å². The van der Waals surface area contributed by atoms with Crippen molar-refractivity contribution in [2.75, 3.05) is 5.75 Å². The largest absolute Gasteiger partial charge is 0.236 e. The highest BCUT2D eigenvalue weighted by atomic mass is 35.5. The Kier molecular flexibility index (Phi) is 2.94. The highest BCUT2D eigenvalue weighted by Gasteiger charge is 2.04. The second kappa shape index (κ2) is 4.20. The second-order valence-corrected chi connectivity index (χ2v) is 4.65. The van der Waals surface area contributed by atoms with Crippen LogP contribution in [0.4, 0.5) is 0 Å². The first-order valence-electron chi connectivity index (χ1n) is 4.48. The van der Waals surface area contributed by atoms with Crippen LogP contribution in [-0.2, 0) is 0 Å². The third-order valence-corrected chi connectivity index (χ3v) is 3.03. The quantitative estimate of drug-likeness (QED) is 0.715. The lowest BCUT2D eigenvalue weighted by atomic mass is 10.2. The average Bonchev–Trinajstić information content (AvgIpc) is 2.42. The van der Waals surface area contributed by atoms with E-state index < -0.39 is 0 Å². The van der Waals surface area contributed by atoms with Crippen molar-refractivity contribution in [3.63, 3.8) is 0 Å². The minimum Gasteiger partial charge on any atom is -0.236 e. The number of fused-ring (bicyclic) bond motifs is 1. The maximum Gasteiger partial charge on any atom is 0.130 e. The summed E-state index contributed by atoms with van der Waals surface area (Å²) in [4.78, 5) is 5.48. The molecule has 0 N–H and O–H groups in total. The highest BCUT2D eigenvalue weighted by Crippen LogP contribution is 2.26. The zero-order chi connectivity index (χ0) is 9.97. The van der Waals surface area contributed by atoms with E-state index in [0.29, 0.717) is 5.15 Å². The Bertz CT molecular complexity index is 383. The second-order valence-electron chi connectivity index (χ2n) is 2.92. The topological polar surface area (TPSA) is 12.9 Å². The van der Waals surface area contributed by atoms with E-state index in [1.807, 2.05) is 23.9 Å². The van der Waals surface area contributed by atoms with Gasteiger partial charge in [-0.1, -0.05) is 24.6 Å². The van der Waals surface area contributed by atoms with E-state index >= 15 is 0 Å². The molecule has 2 aliphatic rings. The van der Waals surface area contributed by atoms with Crippen molar-refractivity contribution in [1.29, 1.82) is 0 Å². The van der Waals surface area contributed by atoms with E-state index in [1.165, 1.54) is 4.90 Å². The highest BCUT2D eigenvalue weighted by molar-refractivity contribution is 7.99. The van der Waals surface area contributed by atoms with E-state index in [0.717, 1.165) is 17.0 Å². The molecule has 0 saturated heterocycles. The fourth-order valence-corrected chi connectivity index (χ4v) is 2.20. The SMILES string of the molecule is CCSc1ccc2cc(Cl)nc-2cc1. The van der Waals surface area contributed by atoms with Gasteiger partial charge in [0.25, 0.3) is 0 Å². The summed E-state index contributed by atoms with van der Waals surface area (Å²) in [5, 5.41) is 0.566. The van der Waals surface area contributed by atoms with Gasteiger partial charge in [0, 0.05) is 10.5 Å². The monoisotopic (exact) mass is 223 g/mol. The Hall–Kier alpha value is -0.730. The van der Waals surface area contributed by atoms with Crippen molar-refractivity contribution in [3.8, 4) is 11.3 Å². The predicted molar refractivity (Wildman–Crippen MR) is 62.3 cm³/mol. The summed E-state index contributed by atoms with van der Waals surface area (Å²) in [6.45, 7) is 2.15. The molecule has 0 aromatic rings. The fraction of sp³-hybridized carbons (Fsp3) is 0.182. The first kappa shape index (κ1) is 9.81. The Balaban J connectivity index is 2.45. The maximum atomic E-state index is 5.81. The molecule has 1 aliphatic heterocycles. The van der Waals surface area contributed by atoms with E-state index in [9.17, 15) is 0 Å². The molecule has 3 heteroatoms. The first-order valence-corrected chi connectivity index (χ1v) is 5.85. The molecule has 0 fully saturated rings. The van der Waals surface area contributed by atoms with Gasteiger partial charge in [-0.25, -0.2) is 4.98 Å². The Morgan fingerprint density at radius 2 is 2.07 bits per heavy atom. The van der Waals surface area contributed by atoms with Gasteiger partial charge in [0.1, 0.15) is 5.15 Å². The molecular weight excluding hydrogens is 214 g/mol. The molecule has 72 valence electrons. The van der Waals surface area contributed by atoms with Gasteiger partial charge < -0.3 is 0 Å². The Morgan fingerprint density at radius 1 is 1.29 bits per heavy atom. The van der Waals surface area contributed by atoms with E-state index in [4.69, 9.17) is 11.6 Å². The van der Waals surface area contributed by atoms with Gasteiger partial charge >= 0.3 is 0 Å². The number of hydrogen-bond acceptors (Lipinski definition) is 2. The van der Waals surface area contributed by atoms with Crippen molar-refractivity contribution in [1.82, 2.24) is 4.98 Å². The van der Waals surface area contributed by atoms with Crippen LogP contribution < -0.4 is 0 Å². The summed E-state index contributed by atoms with van der Waals surface area (Å²) in [5.41, 5.74) is 2.05. The number of nitrogens with zero attached hydrogens (tertiary/aromatic N) is 1. The van der Waals surface area contributed by atoms with Crippen LogP contribution in [0.2, 0.25) is 5.15 Å². The molecule has 0 amide bonds. The van der Waals surface area contributed by atoms with Gasteiger partial charge in [0.2, 0.25) is 0 Å². The summed E-state index contributed by atoms with van der Waals surface area (Å²) in [6, 6.07) is 10.1. The van der Waals surface area contributed by atoms with Crippen LogP contribution in [-0.4, -0.2) is 10.7 Å². The summed E-state index contributed by atoms with van der Waals surface area (Å²) in [7, 11) is 0. The minimum atomic E-state index is 0.566. The smallest absolute Gasteiger partial charge is 0.130 e. The van der Waals surface area contributed by atoms with Gasteiger partial charge in [0.15, 0.2) is 0 Å². The summed E-state index contributed by atoms with van der Waals surface area (Å²) >= 11 is 7.64. The molecule has 0 saturated carbocycles. The van der Waals surface area contributed by atoms with Gasteiger partial charge in [-0.05, 0) is 30.0 Å². The summed E-state index contributed by atoms with van der Waals surface area (Å²) in [6.07, 6.45) is 0. The van der Waals surface area contributed by atoms with Crippen molar-refractivity contribution >= 4 is 23.4 Å². The predicted octanol–water partition coefficient (Wildman–Crippen LogP) is 3.95. The lowest BCUT2D eigenvalue weighted by molar-refractivity contribution is 1.41. The Labute approximate surface area is 92.8 Å². The molecule has 0 spiro atoms. The van der Waals surface area contributed by atoms with E-state index in [-0.39, 0.29) is 0 Å². The van der Waals surface area contributed by atoms with Crippen molar-refractivity contribution in [2.24, 2.45) is 0 Å². The van der Waals surface area contributed by atoms with E-state index in [1.54, 1.807) is 0 Å². The van der Waals surface area contributed by atoms with Crippen molar-refractivity contribution < 1.29 is 0 Å². The standard InChI is InChI=1S/C11H10ClNS/c1-2-14-9-4-3-8-7-11(12)13-10(8)6-5-9/h3-7H,2H2,1H3. The Morgan fingerprint density at radius 3 is 2.86 bits per heavy atom. The van der Waals surface area contributed by atoms with Crippen molar-refractivity contribution in [2.45, 2.75) is 11.8 Å². The summed E-state index contributed by atoms with van der Waals surface area (Å²) < 4.78 is 0. The molecule has 1 nitrogen and oxygen atoms in total. The van der Waals surface area contributed by atoms with Gasteiger partial charge in [-0.2, -0.15) is 0 Å². The maximum absolute atomic E-state index is 5.81. The molecule has 0 radical (unpaired) electrons. The van der Waals surface area contributed by atoms with E-state index in [2.05, 4.69) is 30.1 Å². The molecule has 0 bridgehead atoms. The third-order valence-electron chi connectivity index (χ3n) is 1.94. The molecule has 1 aliphatic carbocycles. The molecule has 0 atom stereocenters. The molecule has 0 aromatic heterocycles. The van der Waals surface area contributed by atoms with Gasteiger partial charge in [-0.15, -0.1) is 11.8 Å². The van der Waals surface area contributed by atoms with Gasteiger partial charge in [-0.3, -0.25) is 0 Å². The average molecular weight is 224 g/mol. The molecular formula is C11H10ClNS. The van der Waals surface area contributed by atoms with Crippen LogP contribution in [0.15, 0.2) is 35.2 Å². The summed E-state index contributed by atoms with van der Waals surface area (Å²) in [5.74, 6) is 1.09. The fourth-order valence-electron chi connectivity index (χ4n) is 1.33. The number of aromatic nitrogens is 1. The van der Waals surface area contributed by atoms with Crippen LogP contribution >= 0.6 is 23.4 Å². The molecule has 1 heterocycles. The lowest BCUT2D eigenvalue weighted by Gasteiger charge is -1.90. The zero-order valence-electron chi connectivity index (χ0n) is 7.83. The van der Waals surface area contributed by atoms with Gasteiger partial charge in [0.05, 0.1) is 5.69 Å². The van der Waals surface area contributed by atoms with Crippen LogP contribution in [0.3, 0.4) is 0 Å². The number of hydrogen-bond donors (Lipinski definition) is 0. The van der Waals surface area contributed by atoms with Crippen LogP contribution in [0.1, 0.15) is 6.92 Å². The molecule has 2 rings (SSSR count). The third kappa shape index (κ3) is 2.02. The lowest BCUT2D eigenvalue weighted by Crippen LogP contribution is -1.66. The van der Waals surface area contributed by atoms with Crippen LogP contribution in [0, 0.1) is 0 Å². The van der Waals surface area contributed by atoms with Crippen LogP contribution in [0.5, 0.6) is 0 Å². The van der Waals surface area contributed by atoms with Crippen molar-refractivity contribution in [3.05, 3.63) is 35.5 Å². The molecule has 0 unspecified atom stereocenters. The first-order chi connectivity index (χ1) is 6.79. The normalized spacial score (nSPS) is 10.7. The molecule has 14 heavy (non-hydrogen) atoms. The number of thioether (sulfide) groups is 1. The zero-order valence-corrected chi connectivity index (χ0v) is 9.40. The molecule has 0 aromatic carbocycles. The number of rotatable bonds is 2. The minimum absolute atomic E-state index is 0.566.